The molecule has 0 amide bonds. The molecule has 0 bridgehead atoms. The molecule has 2 heterocycles. The molecule has 5 rings (SSSR count). The zero-order valence-electron chi connectivity index (χ0n) is 25.5. The van der Waals surface area contributed by atoms with Crippen molar-refractivity contribution in [2.24, 2.45) is 0 Å². The number of hydrogen-bond acceptors (Lipinski definition) is 15. The van der Waals surface area contributed by atoms with Crippen LogP contribution < -0.4 is 33.8 Å². The van der Waals surface area contributed by atoms with Crippen molar-refractivity contribution < 1.29 is 67.9 Å². The summed E-state index contributed by atoms with van der Waals surface area (Å²) in [5.41, 5.74) is -0.391. The summed E-state index contributed by atoms with van der Waals surface area (Å²) in [5.74, 6) is -1.49. The van der Waals surface area contributed by atoms with Crippen LogP contribution in [0.25, 0.3) is 22.3 Å². The number of phenolic OH excluding ortho intramolecular Hbond substituents is 1. The van der Waals surface area contributed by atoms with Gasteiger partial charge in [0.25, 0.3) is 0 Å². The molecule has 3 aromatic carbocycles. The minimum atomic E-state index is -1.71. The highest BCUT2D eigenvalue weighted by atomic mass is 16.7. The van der Waals surface area contributed by atoms with E-state index in [1.165, 1.54) is 58.8 Å². The van der Waals surface area contributed by atoms with E-state index in [1.807, 2.05) is 0 Å². The topological polar surface area (TPSA) is 213 Å². The number of benzene rings is 3. The SMILES string of the molecule is COc1ccc(C(=O)Oc2c(OC)cc3oc(-c4cc(OC)c(OC5OC(CO)C(O)C(O)C5O)c(OC)c4)cc(=O)c3c2O)cc1. The number of aliphatic hydroxyl groups excluding tert-OH is 4. The van der Waals surface area contributed by atoms with Crippen molar-refractivity contribution in [3.8, 4) is 51.6 Å². The third kappa shape index (κ3) is 6.34. The summed E-state index contributed by atoms with van der Waals surface area (Å²) in [4.78, 5) is 26.2. The molecule has 15 heteroatoms. The zero-order valence-corrected chi connectivity index (χ0v) is 25.5. The Labute approximate surface area is 266 Å². The average Bonchev–Trinajstić information content (AvgIpc) is 3.08. The Balaban J connectivity index is 1.51. The van der Waals surface area contributed by atoms with Crippen molar-refractivity contribution >= 4 is 16.9 Å². The van der Waals surface area contributed by atoms with Crippen LogP contribution in [0, 0.1) is 0 Å². The number of carbonyl (C=O) groups excluding carboxylic acids is 1. The fraction of sp³-hybridized carbons (Fsp3) is 0.312. The second-order valence-corrected chi connectivity index (χ2v) is 10.2. The van der Waals surface area contributed by atoms with Gasteiger partial charge in [-0.05, 0) is 36.4 Å². The van der Waals surface area contributed by atoms with Crippen LogP contribution in [-0.4, -0.2) is 97.3 Å². The number of methoxy groups -OCH3 is 4. The minimum absolute atomic E-state index is 0.00270. The number of carbonyl (C=O) groups is 1. The maximum Gasteiger partial charge on any atom is 0.343 e. The number of esters is 1. The van der Waals surface area contributed by atoms with E-state index in [-0.39, 0.29) is 56.6 Å². The summed E-state index contributed by atoms with van der Waals surface area (Å²) in [6, 6.07) is 11.3. The van der Waals surface area contributed by atoms with Gasteiger partial charge in [-0.2, -0.15) is 0 Å². The number of rotatable bonds is 10. The van der Waals surface area contributed by atoms with Crippen molar-refractivity contribution in [3.63, 3.8) is 0 Å². The Hall–Kier alpha value is -5.06. The standard InChI is InChI=1S/C32H32O15/c1-40-16-7-5-14(6-8-16)31(39)46-30-22(43-4)12-19-24(26(30)36)17(34)11-18(44-19)15-9-20(41-2)29(21(10-15)42-3)47-32-28(38)27(37)25(35)23(13-33)45-32/h5-12,23,25,27-28,32-33,35-38H,13H2,1-4H3. The predicted octanol–water partition coefficient (Wildman–Crippen LogP) is 1.60. The van der Waals surface area contributed by atoms with Gasteiger partial charge in [-0.25, -0.2) is 4.79 Å². The molecule has 1 fully saturated rings. The number of aromatic hydroxyl groups is 1. The molecule has 4 aromatic rings. The first kappa shape index (κ1) is 33.3. The second-order valence-electron chi connectivity index (χ2n) is 10.2. The van der Waals surface area contributed by atoms with E-state index in [4.69, 9.17) is 37.6 Å². The molecule has 1 aromatic heterocycles. The Morgan fingerprint density at radius 1 is 0.809 bits per heavy atom. The number of phenols is 1. The highest BCUT2D eigenvalue weighted by Gasteiger charge is 2.45. The van der Waals surface area contributed by atoms with Crippen LogP contribution in [0.4, 0.5) is 0 Å². The summed E-state index contributed by atoms with van der Waals surface area (Å²) in [6.45, 7) is -0.661. The molecule has 5 N–H and O–H groups in total. The van der Waals surface area contributed by atoms with Crippen molar-refractivity contribution in [3.05, 3.63) is 64.3 Å². The summed E-state index contributed by atoms with van der Waals surface area (Å²) in [5, 5.41) is 51.0. The van der Waals surface area contributed by atoms with E-state index in [9.17, 15) is 35.1 Å². The molecule has 1 saturated heterocycles. The number of ether oxygens (including phenoxy) is 7. The van der Waals surface area contributed by atoms with Gasteiger partial charge in [0.2, 0.25) is 17.8 Å². The third-order valence-electron chi connectivity index (χ3n) is 7.48. The van der Waals surface area contributed by atoms with Gasteiger partial charge in [0, 0.05) is 17.7 Å². The molecule has 15 nitrogen and oxygen atoms in total. The quantitative estimate of drug-likeness (QED) is 0.121. The van der Waals surface area contributed by atoms with Crippen molar-refractivity contribution in [2.45, 2.75) is 30.7 Å². The van der Waals surface area contributed by atoms with E-state index in [2.05, 4.69) is 0 Å². The molecule has 0 spiro atoms. The summed E-state index contributed by atoms with van der Waals surface area (Å²) < 4.78 is 44.0. The van der Waals surface area contributed by atoms with Crippen LogP contribution >= 0.6 is 0 Å². The second kappa shape index (κ2) is 13.7. The monoisotopic (exact) mass is 656 g/mol. The maximum atomic E-state index is 13.4. The van der Waals surface area contributed by atoms with Crippen LogP contribution in [0.3, 0.4) is 0 Å². The Kier molecular flexibility index (Phi) is 9.74. The lowest BCUT2D eigenvalue weighted by Gasteiger charge is -2.39. The van der Waals surface area contributed by atoms with Crippen LogP contribution in [0.5, 0.6) is 40.2 Å². The molecule has 250 valence electrons. The van der Waals surface area contributed by atoms with Crippen molar-refractivity contribution in [2.75, 3.05) is 35.0 Å². The Morgan fingerprint density at radius 2 is 1.43 bits per heavy atom. The van der Waals surface area contributed by atoms with E-state index < -0.39 is 54.5 Å². The van der Waals surface area contributed by atoms with E-state index in [0.717, 1.165) is 6.07 Å². The largest absolute Gasteiger partial charge is 0.504 e. The van der Waals surface area contributed by atoms with Crippen LogP contribution in [-0.2, 0) is 4.74 Å². The van der Waals surface area contributed by atoms with Gasteiger partial charge in [0.15, 0.2) is 28.4 Å². The molecular formula is C32H32O15. The molecular weight excluding hydrogens is 624 g/mol. The molecule has 47 heavy (non-hydrogen) atoms. The van der Waals surface area contributed by atoms with Gasteiger partial charge in [-0.1, -0.05) is 0 Å². The van der Waals surface area contributed by atoms with Gasteiger partial charge in [0.05, 0.1) is 40.6 Å². The lowest BCUT2D eigenvalue weighted by atomic mass is 9.99. The first-order valence-electron chi connectivity index (χ1n) is 14.0. The van der Waals surface area contributed by atoms with Crippen LogP contribution in [0.15, 0.2) is 57.7 Å². The van der Waals surface area contributed by atoms with E-state index >= 15 is 0 Å². The van der Waals surface area contributed by atoms with Crippen LogP contribution in [0.2, 0.25) is 0 Å². The lowest BCUT2D eigenvalue weighted by molar-refractivity contribution is -0.277. The van der Waals surface area contributed by atoms with E-state index in [1.54, 1.807) is 12.1 Å². The minimum Gasteiger partial charge on any atom is -0.504 e. The van der Waals surface area contributed by atoms with Crippen LogP contribution in [0.1, 0.15) is 10.4 Å². The molecule has 1 aliphatic heterocycles. The Bertz CT molecular complexity index is 1790. The number of hydrogen-bond donors (Lipinski definition) is 5. The first-order valence-corrected chi connectivity index (χ1v) is 14.0. The molecule has 0 aliphatic carbocycles. The fourth-order valence-electron chi connectivity index (χ4n) is 4.95. The predicted molar refractivity (Wildman–Crippen MR) is 162 cm³/mol. The summed E-state index contributed by atoms with van der Waals surface area (Å²) >= 11 is 0. The average molecular weight is 657 g/mol. The Morgan fingerprint density at radius 3 is 2.00 bits per heavy atom. The first-order chi connectivity index (χ1) is 22.5. The molecule has 0 saturated carbocycles. The highest BCUT2D eigenvalue weighted by molar-refractivity contribution is 5.95. The maximum absolute atomic E-state index is 13.4. The smallest absolute Gasteiger partial charge is 0.343 e. The summed E-state index contributed by atoms with van der Waals surface area (Å²) in [7, 11) is 5.38. The van der Waals surface area contributed by atoms with Gasteiger partial charge in [-0.3, -0.25) is 4.79 Å². The number of fused-ring (bicyclic) bond motifs is 1. The number of aliphatic hydroxyl groups is 4. The molecule has 0 radical (unpaired) electrons. The third-order valence-corrected chi connectivity index (χ3v) is 7.48. The van der Waals surface area contributed by atoms with Gasteiger partial charge >= 0.3 is 5.97 Å². The van der Waals surface area contributed by atoms with E-state index in [0.29, 0.717) is 5.75 Å². The van der Waals surface area contributed by atoms with Gasteiger partial charge in [0.1, 0.15) is 46.9 Å². The lowest BCUT2D eigenvalue weighted by Crippen LogP contribution is -2.60. The molecule has 1 aliphatic rings. The van der Waals surface area contributed by atoms with Crippen molar-refractivity contribution in [1.29, 1.82) is 0 Å². The fourth-order valence-corrected chi connectivity index (χ4v) is 4.95. The normalized spacial score (nSPS) is 20.8. The highest BCUT2D eigenvalue weighted by Crippen LogP contribution is 2.45. The van der Waals surface area contributed by atoms with Gasteiger partial charge < -0.3 is 63.1 Å². The summed E-state index contributed by atoms with van der Waals surface area (Å²) in [6.07, 6.45) is -7.74. The zero-order chi connectivity index (χ0) is 34.0. The molecule has 5 atom stereocenters. The molecule has 5 unspecified atom stereocenters. The van der Waals surface area contributed by atoms with Gasteiger partial charge in [-0.15, -0.1) is 0 Å². The van der Waals surface area contributed by atoms with Crippen molar-refractivity contribution in [1.82, 2.24) is 0 Å².